The molecule has 0 unspecified atom stereocenters. The highest BCUT2D eigenvalue weighted by atomic mass is 14.8. The van der Waals surface area contributed by atoms with E-state index in [1.54, 1.807) is 12.4 Å². The molecule has 49 heavy (non-hydrogen) atoms. The Hall–Kier alpha value is -6.88. The number of rotatable bonds is 2. The van der Waals surface area contributed by atoms with Crippen molar-refractivity contribution in [3.05, 3.63) is 185 Å². The Morgan fingerprint density at radius 3 is 1.55 bits per heavy atom. The Morgan fingerprint density at radius 2 is 1.00 bits per heavy atom. The van der Waals surface area contributed by atoms with Gasteiger partial charge in [0.15, 0.2) is 0 Å². The van der Waals surface area contributed by atoms with Crippen LogP contribution in [0.2, 0.25) is 0 Å². The summed E-state index contributed by atoms with van der Waals surface area (Å²) >= 11 is 0. The van der Waals surface area contributed by atoms with Gasteiger partial charge in [-0.05, 0) is 125 Å². The summed E-state index contributed by atoms with van der Waals surface area (Å²) in [6.07, 6.45) is 3.46. The zero-order chi connectivity index (χ0) is 32.7. The van der Waals surface area contributed by atoms with Crippen LogP contribution in [0.25, 0.3) is 70.9 Å². The van der Waals surface area contributed by atoms with E-state index in [-0.39, 0.29) is 0 Å². The Kier molecular flexibility index (Phi) is 5.59. The first-order valence-corrected chi connectivity index (χ1v) is 16.2. The molecule has 10 rings (SSSR count). The first kappa shape index (κ1) is 27.3. The molecular weight excluding hydrogens is 597 g/mol. The minimum absolute atomic E-state index is 0.376. The van der Waals surface area contributed by atoms with Gasteiger partial charge in [-0.2, -0.15) is 5.26 Å². The molecular formula is C45H24N4. The second-order valence-corrected chi connectivity index (χ2v) is 12.7. The second kappa shape index (κ2) is 10.1. The van der Waals surface area contributed by atoms with E-state index < -0.39 is 5.41 Å². The van der Waals surface area contributed by atoms with Crippen molar-refractivity contribution < 1.29 is 0 Å². The van der Waals surface area contributed by atoms with Crippen LogP contribution in [-0.4, -0.2) is 9.97 Å². The third-order valence-corrected chi connectivity index (χ3v) is 10.5. The van der Waals surface area contributed by atoms with Gasteiger partial charge in [-0.3, -0.25) is 0 Å². The van der Waals surface area contributed by atoms with E-state index in [1.165, 1.54) is 55.3 Å². The van der Waals surface area contributed by atoms with Gasteiger partial charge in [-0.25, -0.2) is 4.98 Å². The zero-order valence-corrected chi connectivity index (χ0v) is 26.1. The van der Waals surface area contributed by atoms with Crippen LogP contribution in [0.4, 0.5) is 5.82 Å². The summed E-state index contributed by atoms with van der Waals surface area (Å²) in [6.45, 7) is 7.70. The van der Waals surface area contributed by atoms with Gasteiger partial charge >= 0.3 is 0 Å². The molecule has 6 aromatic carbocycles. The Balaban J connectivity index is 1.45. The van der Waals surface area contributed by atoms with Crippen LogP contribution >= 0.6 is 0 Å². The summed E-state index contributed by atoms with van der Waals surface area (Å²) in [4.78, 5) is 12.3. The number of nitrogens with zero attached hydrogens (tertiary/aromatic N) is 4. The van der Waals surface area contributed by atoms with Crippen LogP contribution in [0.1, 0.15) is 27.9 Å². The molecule has 1 spiro atoms. The molecule has 0 amide bonds. The maximum absolute atomic E-state index is 9.80. The van der Waals surface area contributed by atoms with Crippen molar-refractivity contribution in [2.24, 2.45) is 0 Å². The molecule has 0 saturated carbocycles. The fourth-order valence-corrected chi connectivity index (χ4v) is 8.63. The topological polar surface area (TPSA) is 53.9 Å². The molecule has 0 saturated heterocycles. The molecule has 0 bridgehead atoms. The van der Waals surface area contributed by atoms with Crippen molar-refractivity contribution in [1.29, 1.82) is 5.26 Å². The van der Waals surface area contributed by atoms with Crippen LogP contribution < -0.4 is 0 Å². The third-order valence-electron chi connectivity index (χ3n) is 10.5. The SMILES string of the molecule is [C-]#[N+]c1cc(-c2cc3c(c4ccccc24)-c2c(cc(-c4ccnc(C#N)c4)c4ccccc24)C32c3ccccc3-c3ccccc32)ccn1. The first-order valence-electron chi connectivity index (χ1n) is 16.2. The van der Waals surface area contributed by atoms with E-state index in [4.69, 9.17) is 6.57 Å². The fraction of sp³-hybridized carbons (Fsp3) is 0.0222. The molecule has 2 aliphatic carbocycles. The van der Waals surface area contributed by atoms with Crippen LogP contribution in [0, 0.1) is 17.9 Å². The zero-order valence-electron chi connectivity index (χ0n) is 26.1. The van der Waals surface area contributed by atoms with Gasteiger partial charge < -0.3 is 4.85 Å². The smallest absolute Gasteiger partial charge is 0.270 e. The molecule has 0 radical (unpaired) electrons. The molecule has 8 aromatic rings. The van der Waals surface area contributed by atoms with Crippen molar-refractivity contribution in [1.82, 2.24) is 9.97 Å². The van der Waals surface area contributed by atoms with E-state index in [1.807, 2.05) is 24.3 Å². The van der Waals surface area contributed by atoms with Gasteiger partial charge in [0, 0.05) is 6.20 Å². The van der Waals surface area contributed by atoms with Crippen molar-refractivity contribution in [2.75, 3.05) is 0 Å². The van der Waals surface area contributed by atoms with Crippen LogP contribution in [0.3, 0.4) is 0 Å². The summed E-state index contributed by atoms with van der Waals surface area (Å²) in [5, 5.41) is 14.4. The summed E-state index contributed by atoms with van der Waals surface area (Å²) in [6, 6.07) is 49.8. The van der Waals surface area contributed by atoms with Gasteiger partial charge in [0.25, 0.3) is 5.82 Å². The number of fused-ring (bicyclic) bond motifs is 14. The molecule has 0 aliphatic heterocycles. The lowest BCUT2D eigenvalue weighted by atomic mass is 9.69. The predicted molar refractivity (Wildman–Crippen MR) is 195 cm³/mol. The lowest BCUT2D eigenvalue weighted by Gasteiger charge is -2.31. The summed E-state index contributed by atoms with van der Waals surface area (Å²) in [5.41, 5.74) is 13.7. The maximum Gasteiger partial charge on any atom is 0.270 e. The Morgan fingerprint density at radius 1 is 0.510 bits per heavy atom. The highest BCUT2D eigenvalue weighted by Gasteiger charge is 2.53. The minimum Gasteiger partial charge on any atom is -0.361 e. The average Bonchev–Trinajstić information content (AvgIpc) is 3.65. The van der Waals surface area contributed by atoms with Crippen LogP contribution in [0.15, 0.2) is 146 Å². The van der Waals surface area contributed by atoms with Crippen molar-refractivity contribution in [3.8, 4) is 50.6 Å². The summed E-state index contributed by atoms with van der Waals surface area (Å²) in [5.74, 6) is 0.376. The van der Waals surface area contributed by atoms with Gasteiger partial charge in [0.2, 0.25) is 0 Å². The van der Waals surface area contributed by atoms with E-state index >= 15 is 0 Å². The largest absolute Gasteiger partial charge is 0.361 e. The molecule has 0 N–H and O–H groups in total. The van der Waals surface area contributed by atoms with Gasteiger partial charge in [-0.15, -0.1) is 4.98 Å². The molecule has 2 aromatic heterocycles. The number of hydrogen-bond donors (Lipinski definition) is 0. The number of benzene rings is 6. The third kappa shape index (κ3) is 3.55. The minimum atomic E-state index is -0.615. The van der Waals surface area contributed by atoms with Crippen LogP contribution in [-0.2, 0) is 5.41 Å². The number of hydrogen-bond acceptors (Lipinski definition) is 3. The van der Waals surface area contributed by atoms with Gasteiger partial charge in [-0.1, -0.05) is 104 Å². The number of pyridine rings is 2. The highest BCUT2D eigenvalue weighted by molar-refractivity contribution is 6.18. The lowest BCUT2D eigenvalue weighted by molar-refractivity contribution is 0.795. The lowest BCUT2D eigenvalue weighted by Crippen LogP contribution is -2.26. The number of aromatic nitrogens is 2. The molecule has 2 heterocycles. The van der Waals surface area contributed by atoms with Crippen molar-refractivity contribution in [2.45, 2.75) is 5.41 Å². The number of nitriles is 1. The standard InChI is InChI=1S/C45H24N4/c1-47-42-23-28(19-21-49-42)37-25-41-44(35-15-5-3-11-31(35)37)43-34-14-4-2-10-30(34)36(27-18-20-48-29(22-27)26-46)24-40(43)45(41)38-16-8-6-12-32(38)33-13-7-9-17-39(33)45/h2-25H. The Labute approximate surface area is 283 Å². The molecule has 0 atom stereocenters. The second-order valence-electron chi connectivity index (χ2n) is 12.7. The normalized spacial score (nSPS) is 13.0. The molecule has 4 heteroatoms. The fourth-order valence-electron chi connectivity index (χ4n) is 8.63. The average molecular weight is 621 g/mol. The molecule has 4 nitrogen and oxygen atoms in total. The quantitative estimate of drug-likeness (QED) is 0.181. The molecule has 224 valence electrons. The van der Waals surface area contributed by atoms with Crippen LogP contribution in [0.5, 0.6) is 0 Å². The predicted octanol–water partition coefficient (Wildman–Crippen LogP) is 10.9. The molecule has 0 fully saturated rings. The summed E-state index contributed by atoms with van der Waals surface area (Å²) < 4.78 is 0. The van der Waals surface area contributed by atoms with E-state index in [0.717, 1.165) is 33.0 Å². The summed E-state index contributed by atoms with van der Waals surface area (Å²) in [7, 11) is 0. The maximum atomic E-state index is 9.80. The monoisotopic (exact) mass is 620 g/mol. The van der Waals surface area contributed by atoms with Crippen molar-refractivity contribution >= 4 is 27.4 Å². The van der Waals surface area contributed by atoms with E-state index in [2.05, 4.69) is 130 Å². The van der Waals surface area contributed by atoms with E-state index in [0.29, 0.717) is 11.5 Å². The van der Waals surface area contributed by atoms with Gasteiger partial charge in [0.1, 0.15) is 18.0 Å². The van der Waals surface area contributed by atoms with Gasteiger partial charge in [0.05, 0.1) is 5.41 Å². The Bertz CT molecular complexity index is 2620. The van der Waals surface area contributed by atoms with Crippen molar-refractivity contribution in [3.63, 3.8) is 0 Å². The molecule has 2 aliphatic rings. The van der Waals surface area contributed by atoms with E-state index in [9.17, 15) is 5.26 Å². The highest BCUT2D eigenvalue weighted by Crippen LogP contribution is 2.66. The first-order chi connectivity index (χ1) is 24.2.